The highest BCUT2D eigenvalue weighted by Gasteiger charge is 2.38. The summed E-state index contributed by atoms with van der Waals surface area (Å²) in [6, 6.07) is 0. The molecule has 0 aromatic heterocycles. The molecule has 0 aromatic rings. The Morgan fingerprint density at radius 2 is 1.71 bits per heavy atom. The third kappa shape index (κ3) is 5.28. The van der Waals surface area contributed by atoms with Gasteiger partial charge in [-0.15, -0.1) is 0 Å². The molecular weight excluding hydrogens is 203 g/mol. The lowest BCUT2D eigenvalue weighted by molar-refractivity contribution is -0.173. The van der Waals surface area contributed by atoms with Gasteiger partial charge in [0.25, 0.3) is 0 Å². The van der Waals surface area contributed by atoms with Crippen LogP contribution in [0.15, 0.2) is 0 Å². The first kappa shape index (κ1) is 12.6. The van der Waals surface area contributed by atoms with Crippen LogP contribution in [0.25, 0.3) is 0 Å². The number of hydrogen-bond donors (Lipinski definition) is 1. The zero-order chi connectivity index (χ0) is 11.4. The maximum Gasteiger partial charge on any atom is 0.471 e. The van der Waals surface area contributed by atoms with E-state index in [4.69, 9.17) is 0 Å². The first-order chi connectivity index (χ1) is 6.23. The first-order valence-electron chi connectivity index (χ1n) is 3.59. The summed E-state index contributed by atoms with van der Waals surface area (Å²) in [5, 5.41) is 1.36. The highest BCUT2D eigenvalue weighted by atomic mass is 19.4. The van der Waals surface area contributed by atoms with Gasteiger partial charge in [0.1, 0.15) is 5.78 Å². The molecule has 0 unspecified atom stereocenters. The molecule has 4 nitrogen and oxygen atoms in total. The Hall–Kier alpha value is -1.40. The van der Waals surface area contributed by atoms with E-state index in [0.29, 0.717) is 0 Å². The highest BCUT2D eigenvalue weighted by molar-refractivity contribution is 6.00. The normalized spacial score (nSPS) is 10.9. The molecule has 0 saturated carbocycles. The lowest BCUT2D eigenvalue weighted by atomic mass is 10.2. The smallest absolute Gasteiger partial charge is 0.341 e. The second-order valence-corrected chi connectivity index (χ2v) is 2.60. The molecule has 0 spiro atoms. The number of halogens is 3. The summed E-state index contributed by atoms with van der Waals surface area (Å²) in [6.07, 6.45) is -5.48. The Labute approximate surface area is 77.5 Å². The highest BCUT2D eigenvalue weighted by Crippen LogP contribution is 2.13. The molecule has 0 rings (SSSR count). The summed E-state index contributed by atoms with van der Waals surface area (Å²) in [5.41, 5.74) is 0. The van der Waals surface area contributed by atoms with Crippen LogP contribution < -0.4 is 5.32 Å². The van der Waals surface area contributed by atoms with E-state index in [1.165, 1.54) is 5.32 Å². The number of Topliss-reactive ketones (excluding diaryl/α,β-unsaturated/α-hetero) is 2. The van der Waals surface area contributed by atoms with Crippen molar-refractivity contribution in [1.82, 2.24) is 5.32 Å². The molecule has 7 heteroatoms. The van der Waals surface area contributed by atoms with Crippen LogP contribution in [0.5, 0.6) is 0 Å². The SMILES string of the molecule is CC(=O)CC(=O)CNC(=O)C(F)(F)F. The van der Waals surface area contributed by atoms with Crippen molar-refractivity contribution in [2.75, 3.05) is 6.54 Å². The van der Waals surface area contributed by atoms with Gasteiger partial charge in [0.05, 0.1) is 13.0 Å². The monoisotopic (exact) mass is 211 g/mol. The van der Waals surface area contributed by atoms with Gasteiger partial charge < -0.3 is 5.32 Å². The summed E-state index contributed by atoms with van der Waals surface area (Å²) < 4.78 is 34.7. The molecule has 0 fully saturated rings. The molecule has 0 bridgehead atoms. The van der Waals surface area contributed by atoms with E-state index < -0.39 is 36.6 Å². The molecule has 0 saturated heterocycles. The zero-order valence-electron chi connectivity index (χ0n) is 7.27. The fourth-order valence-corrected chi connectivity index (χ4v) is 0.619. The van der Waals surface area contributed by atoms with Crippen molar-refractivity contribution >= 4 is 17.5 Å². The minimum atomic E-state index is -5.00. The van der Waals surface area contributed by atoms with Crippen molar-refractivity contribution in [2.24, 2.45) is 0 Å². The average Bonchev–Trinajstić information content (AvgIpc) is 1.96. The number of nitrogens with one attached hydrogen (secondary N) is 1. The van der Waals surface area contributed by atoms with Crippen LogP contribution in [0.1, 0.15) is 13.3 Å². The molecule has 0 atom stereocenters. The minimum Gasteiger partial charge on any atom is -0.341 e. The lowest BCUT2D eigenvalue weighted by Crippen LogP contribution is -2.39. The molecule has 1 amide bonds. The number of alkyl halides is 3. The predicted molar refractivity (Wildman–Crippen MR) is 39.4 cm³/mol. The molecular formula is C7H8F3NO3. The van der Waals surface area contributed by atoms with Gasteiger partial charge in [-0.3, -0.25) is 14.4 Å². The van der Waals surface area contributed by atoms with Crippen molar-refractivity contribution in [3.05, 3.63) is 0 Å². The summed E-state index contributed by atoms with van der Waals surface area (Å²) in [6.45, 7) is 0.349. The van der Waals surface area contributed by atoms with E-state index >= 15 is 0 Å². The third-order valence-electron chi connectivity index (χ3n) is 1.15. The fourth-order valence-electron chi connectivity index (χ4n) is 0.619. The molecule has 0 aliphatic rings. The van der Waals surface area contributed by atoms with Crippen LogP contribution in [-0.2, 0) is 14.4 Å². The van der Waals surface area contributed by atoms with Gasteiger partial charge in [-0.25, -0.2) is 0 Å². The van der Waals surface area contributed by atoms with E-state index in [1.54, 1.807) is 0 Å². The molecule has 0 heterocycles. The van der Waals surface area contributed by atoms with Gasteiger partial charge in [-0.1, -0.05) is 0 Å². The Kier molecular flexibility index (Phi) is 4.26. The number of carbonyl (C=O) groups excluding carboxylic acids is 3. The fraction of sp³-hybridized carbons (Fsp3) is 0.571. The summed E-state index contributed by atoms with van der Waals surface area (Å²) in [7, 11) is 0. The topological polar surface area (TPSA) is 63.2 Å². The molecule has 0 aliphatic heterocycles. The number of ketones is 2. The maximum atomic E-state index is 11.6. The standard InChI is InChI=1S/C7H8F3NO3/c1-4(12)2-5(13)3-11-6(14)7(8,9)10/h2-3H2,1H3,(H,11,14). The molecule has 14 heavy (non-hydrogen) atoms. The Morgan fingerprint density at radius 1 is 1.21 bits per heavy atom. The van der Waals surface area contributed by atoms with E-state index in [-0.39, 0.29) is 0 Å². The van der Waals surface area contributed by atoms with Gasteiger partial charge in [-0.2, -0.15) is 13.2 Å². The first-order valence-corrected chi connectivity index (χ1v) is 3.59. The van der Waals surface area contributed by atoms with Crippen molar-refractivity contribution in [2.45, 2.75) is 19.5 Å². The van der Waals surface area contributed by atoms with Gasteiger partial charge in [0, 0.05) is 0 Å². The lowest BCUT2D eigenvalue weighted by Gasteiger charge is -2.06. The molecule has 0 aromatic carbocycles. The Morgan fingerprint density at radius 3 is 2.07 bits per heavy atom. The second-order valence-electron chi connectivity index (χ2n) is 2.60. The van der Waals surface area contributed by atoms with Crippen LogP contribution >= 0.6 is 0 Å². The Bertz CT molecular complexity index is 259. The number of hydrogen-bond acceptors (Lipinski definition) is 3. The van der Waals surface area contributed by atoms with Crippen molar-refractivity contribution in [3.63, 3.8) is 0 Å². The minimum absolute atomic E-state index is 0.462. The van der Waals surface area contributed by atoms with Gasteiger partial charge in [-0.05, 0) is 6.92 Å². The van der Waals surface area contributed by atoms with E-state index in [0.717, 1.165) is 6.92 Å². The quantitative estimate of drug-likeness (QED) is 0.676. The molecule has 1 N–H and O–H groups in total. The predicted octanol–water partition coefficient (Wildman–Crippen LogP) is 0.213. The summed E-state index contributed by atoms with van der Waals surface area (Å²) in [4.78, 5) is 31.2. The van der Waals surface area contributed by atoms with E-state index in [1.807, 2.05) is 0 Å². The summed E-state index contributed by atoms with van der Waals surface area (Å²) in [5.74, 6) is -3.40. The summed E-state index contributed by atoms with van der Waals surface area (Å²) >= 11 is 0. The van der Waals surface area contributed by atoms with Crippen LogP contribution in [-0.4, -0.2) is 30.2 Å². The average molecular weight is 211 g/mol. The van der Waals surface area contributed by atoms with E-state index in [9.17, 15) is 27.6 Å². The number of carbonyl (C=O) groups is 3. The Balaban J connectivity index is 3.90. The van der Waals surface area contributed by atoms with Crippen LogP contribution in [0.4, 0.5) is 13.2 Å². The second kappa shape index (κ2) is 4.73. The van der Waals surface area contributed by atoms with Gasteiger partial charge >= 0.3 is 12.1 Å². The largest absolute Gasteiger partial charge is 0.471 e. The maximum absolute atomic E-state index is 11.6. The van der Waals surface area contributed by atoms with Crippen molar-refractivity contribution in [1.29, 1.82) is 0 Å². The number of amides is 1. The van der Waals surface area contributed by atoms with Crippen LogP contribution in [0, 0.1) is 0 Å². The number of rotatable bonds is 4. The van der Waals surface area contributed by atoms with Crippen molar-refractivity contribution < 1.29 is 27.6 Å². The molecule has 0 radical (unpaired) electrons. The van der Waals surface area contributed by atoms with Crippen LogP contribution in [0.3, 0.4) is 0 Å². The zero-order valence-corrected chi connectivity index (χ0v) is 7.27. The van der Waals surface area contributed by atoms with Crippen molar-refractivity contribution in [3.8, 4) is 0 Å². The van der Waals surface area contributed by atoms with Gasteiger partial charge in [0.2, 0.25) is 0 Å². The third-order valence-corrected chi connectivity index (χ3v) is 1.15. The molecule has 80 valence electrons. The molecule has 0 aliphatic carbocycles. The van der Waals surface area contributed by atoms with Crippen LogP contribution in [0.2, 0.25) is 0 Å². The van der Waals surface area contributed by atoms with Gasteiger partial charge in [0.15, 0.2) is 5.78 Å². The van der Waals surface area contributed by atoms with E-state index in [2.05, 4.69) is 0 Å².